The van der Waals surface area contributed by atoms with Gasteiger partial charge in [-0.1, -0.05) is 36.7 Å². The summed E-state index contributed by atoms with van der Waals surface area (Å²) in [4.78, 5) is 11.4. The van der Waals surface area contributed by atoms with Gasteiger partial charge in [-0.25, -0.2) is 0 Å². The lowest BCUT2D eigenvalue weighted by Crippen LogP contribution is -2.49. The van der Waals surface area contributed by atoms with Crippen LogP contribution in [0.2, 0.25) is 5.02 Å². The Labute approximate surface area is 93.9 Å². The van der Waals surface area contributed by atoms with Crippen LogP contribution in [0, 0.1) is 5.92 Å². The molecule has 1 N–H and O–H groups in total. The predicted molar refractivity (Wildman–Crippen MR) is 59.2 cm³/mol. The van der Waals surface area contributed by atoms with Crippen LogP contribution in [0.3, 0.4) is 0 Å². The standard InChI is InChI=1S/C12H13ClO2/c1-8-6-7-12(8,11(14)15)9-4-2-3-5-10(9)13/h2-5,8H,6-7H2,1H3,(H,14,15). The molecule has 2 atom stereocenters. The van der Waals surface area contributed by atoms with Crippen molar-refractivity contribution in [2.24, 2.45) is 5.92 Å². The molecular formula is C12H13ClO2. The van der Waals surface area contributed by atoms with Crippen LogP contribution < -0.4 is 0 Å². The van der Waals surface area contributed by atoms with E-state index in [9.17, 15) is 9.90 Å². The summed E-state index contributed by atoms with van der Waals surface area (Å²) in [7, 11) is 0. The van der Waals surface area contributed by atoms with Crippen molar-refractivity contribution in [2.75, 3.05) is 0 Å². The molecular weight excluding hydrogens is 212 g/mol. The first kappa shape index (κ1) is 10.5. The maximum absolute atomic E-state index is 11.4. The molecule has 0 aliphatic heterocycles. The molecule has 0 amide bonds. The zero-order chi connectivity index (χ0) is 11.1. The van der Waals surface area contributed by atoms with Crippen LogP contribution in [-0.2, 0) is 10.2 Å². The molecule has 2 rings (SSSR count). The molecule has 1 fully saturated rings. The zero-order valence-electron chi connectivity index (χ0n) is 8.53. The lowest BCUT2D eigenvalue weighted by atomic mass is 9.57. The zero-order valence-corrected chi connectivity index (χ0v) is 9.29. The van der Waals surface area contributed by atoms with Crippen LogP contribution in [0.25, 0.3) is 0 Å². The van der Waals surface area contributed by atoms with E-state index in [1.54, 1.807) is 6.07 Å². The molecule has 80 valence electrons. The van der Waals surface area contributed by atoms with Crippen LogP contribution in [0.1, 0.15) is 25.3 Å². The summed E-state index contributed by atoms with van der Waals surface area (Å²) in [6.07, 6.45) is 1.64. The first-order valence-electron chi connectivity index (χ1n) is 5.07. The molecule has 0 heterocycles. The largest absolute Gasteiger partial charge is 0.481 e. The van der Waals surface area contributed by atoms with Gasteiger partial charge in [0.25, 0.3) is 0 Å². The highest BCUT2D eigenvalue weighted by Crippen LogP contribution is 2.50. The maximum Gasteiger partial charge on any atom is 0.314 e. The summed E-state index contributed by atoms with van der Waals surface area (Å²) in [5, 5.41) is 9.93. The Bertz CT molecular complexity index is 402. The quantitative estimate of drug-likeness (QED) is 0.838. The lowest BCUT2D eigenvalue weighted by Gasteiger charge is -2.45. The number of hydrogen-bond donors (Lipinski definition) is 1. The normalized spacial score (nSPS) is 29.6. The average Bonchev–Trinajstić information content (AvgIpc) is 2.19. The van der Waals surface area contributed by atoms with Crippen LogP contribution in [-0.4, -0.2) is 11.1 Å². The minimum Gasteiger partial charge on any atom is -0.481 e. The van der Waals surface area contributed by atoms with Crippen molar-refractivity contribution in [1.29, 1.82) is 0 Å². The molecule has 15 heavy (non-hydrogen) atoms. The van der Waals surface area contributed by atoms with E-state index in [4.69, 9.17) is 11.6 Å². The SMILES string of the molecule is CC1CCC1(C(=O)O)c1ccccc1Cl. The van der Waals surface area contributed by atoms with Crippen molar-refractivity contribution in [3.05, 3.63) is 34.9 Å². The van der Waals surface area contributed by atoms with E-state index in [1.807, 2.05) is 25.1 Å². The van der Waals surface area contributed by atoms with Crippen LogP contribution in [0.4, 0.5) is 0 Å². The topological polar surface area (TPSA) is 37.3 Å². The number of aliphatic carboxylic acids is 1. The van der Waals surface area contributed by atoms with Gasteiger partial charge in [-0.05, 0) is 30.4 Å². The number of carbonyl (C=O) groups is 1. The molecule has 1 aliphatic carbocycles. The average molecular weight is 225 g/mol. The van der Waals surface area contributed by atoms with Gasteiger partial charge in [0.05, 0.1) is 5.41 Å². The summed E-state index contributed by atoms with van der Waals surface area (Å²) < 4.78 is 0. The fourth-order valence-electron chi connectivity index (χ4n) is 2.38. The van der Waals surface area contributed by atoms with Crippen LogP contribution >= 0.6 is 11.6 Å². The van der Waals surface area contributed by atoms with E-state index in [2.05, 4.69) is 0 Å². The van der Waals surface area contributed by atoms with E-state index in [0.717, 1.165) is 12.0 Å². The summed E-state index contributed by atoms with van der Waals surface area (Å²) in [6.45, 7) is 1.97. The minimum atomic E-state index is -0.755. The van der Waals surface area contributed by atoms with E-state index in [-0.39, 0.29) is 5.92 Å². The number of carboxylic acid groups (broad SMARTS) is 1. The fourth-order valence-corrected chi connectivity index (χ4v) is 2.68. The van der Waals surface area contributed by atoms with Crippen LogP contribution in [0.15, 0.2) is 24.3 Å². The Morgan fingerprint density at radius 2 is 2.20 bits per heavy atom. The molecule has 0 bridgehead atoms. The number of benzene rings is 1. The highest BCUT2D eigenvalue weighted by atomic mass is 35.5. The highest BCUT2D eigenvalue weighted by Gasteiger charge is 2.52. The van der Waals surface area contributed by atoms with E-state index in [1.165, 1.54) is 0 Å². The highest BCUT2D eigenvalue weighted by molar-refractivity contribution is 6.31. The van der Waals surface area contributed by atoms with Crippen molar-refractivity contribution in [3.63, 3.8) is 0 Å². The smallest absolute Gasteiger partial charge is 0.314 e. The lowest BCUT2D eigenvalue weighted by molar-refractivity contribution is -0.151. The molecule has 2 unspecified atom stereocenters. The van der Waals surface area contributed by atoms with Gasteiger partial charge >= 0.3 is 5.97 Å². The van der Waals surface area contributed by atoms with Gasteiger partial charge in [-0.3, -0.25) is 4.79 Å². The Morgan fingerprint density at radius 1 is 1.53 bits per heavy atom. The summed E-state index contributed by atoms with van der Waals surface area (Å²) >= 11 is 6.07. The first-order valence-corrected chi connectivity index (χ1v) is 5.45. The van der Waals surface area contributed by atoms with Gasteiger partial charge in [-0.2, -0.15) is 0 Å². The Kier molecular flexibility index (Phi) is 2.47. The second-order valence-corrected chi connectivity index (χ2v) is 4.60. The minimum absolute atomic E-state index is 0.162. The number of halogens is 1. The van der Waals surface area contributed by atoms with Gasteiger partial charge in [0.2, 0.25) is 0 Å². The molecule has 0 radical (unpaired) electrons. The molecule has 1 aliphatic rings. The summed E-state index contributed by atoms with van der Waals surface area (Å²) in [5.74, 6) is -0.593. The van der Waals surface area contributed by atoms with Crippen molar-refractivity contribution >= 4 is 17.6 Å². The molecule has 0 saturated heterocycles. The van der Waals surface area contributed by atoms with Gasteiger partial charge < -0.3 is 5.11 Å². The van der Waals surface area contributed by atoms with Crippen LogP contribution in [0.5, 0.6) is 0 Å². The van der Waals surface area contributed by atoms with E-state index >= 15 is 0 Å². The second-order valence-electron chi connectivity index (χ2n) is 4.20. The molecule has 2 nitrogen and oxygen atoms in total. The predicted octanol–water partition coefficient (Wildman–Crippen LogP) is 3.09. The van der Waals surface area contributed by atoms with Crippen molar-refractivity contribution in [3.8, 4) is 0 Å². The number of carboxylic acids is 1. The number of hydrogen-bond acceptors (Lipinski definition) is 1. The summed E-state index contributed by atoms with van der Waals surface area (Å²) in [6, 6.07) is 7.25. The fraction of sp³-hybridized carbons (Fsp3) is 0.417. The molecule has 0 aromatic heterocycles. The first-order chi connectivity index (χ1) is 7.09. The maximum atomic E-state index is 11.4. The second kappa shape index (κ2) is 3.53. The Morgan fingerprint density at radius 3 is 2.60 bits per heavy atom. The molecule has 1 saturated carbocycles. The third-order valence-electron chi connectivity index (χ3n) is 3.55. The van der Waals surface area contributed by atoms with Gasteiger partial charge in [-0.15, -0.1) is 0 Å². The third kappa shape index (κ3) is 1.36. The Balaban J connectivity index is 2.52. The van der Waals surface area contributed by atoms with Crippen molar-refractivity contribution in [2.45, 2.75) is 25.2 Å². The van der Waals surface area contributed by atoms with E-state index < -0.39 is 11.4 Å². The van der Waals surface area contributed by atoms with Gasteiger partial charge in [0.1, 0.15) is 0 Å². The van der Waals surface area contributed by atoms with Gasteiger partial charge in [0.15, 0.2) is 0 Å². The molecule has 1 aromatic rings. The van der Waals surface area contributed by atoms with Crippen molar-refractivity contribution in [1.82, 2.24) is 0 Å². The molecule has 1 aromatic carbocycles. The third-order valence-corrected chi connectivity index (χ3v) is 3.88. The molecule has 3 heteroatoms. The van der Waals surface area contributed by atoms with Gasteiger partial charge in [0, 0.05) is 5.02 Å². The number of rotatable bonds is 2. The van der Waals surface area contributed by atoms with E-state index in [0.29, 0.717) is 11.4 Å². The Hall–Kier alpha value is -1.02. The van der Waals surface area contributed by atoms with Crippen molar-refractivity contribution < 1.29 is 9.90 Å². The monoisotopic (exact) mass is 224 g/mol. The summed E-state index contributed by atoms with van der Waals surface area (Å²) in [5.41, 5.74) is 0.0103. The molecule has 0 spiro atoms.